The summed E-state index contributed by atoms with van der Waals surface area (Å²) in [5, 5.41) is 0. The van der Waals surface area contributed by atoms with Crippen LogP contribution in [0.25, 0.3) is 0 Å². The first-order chi connectivity index (χ1) is 3.06. The third-order valence-electron chi connectivity index (χ3n) is 0.426. The summed E-state index contributed by atoms with van der Waals surface area (Å²) in [7, 11) is 0. The zero-order valence-corrected chi connectivity index (χ0v) is 6.62. The summed E-state index contributed by atoms with van der Waals surface area (Å²) >= 11 is 2.64. The molecule has 7 heavy (non-hydrogen) atoms. The summed E-state index contributed by atoms with van der Waals surface area (Å²) in [6.07, 6.45) is 0. The van der Waals surface area contributed by atoms with E-state index in [-0.39, 0.29) is 5.41 Å². The van der Waals surface area contributed by atoms with E-state index >= 15 is 0 Å². The molecule has 0 fully saturated rings. The van der Waals surface area contributed by atoms with E-state index in [0.717, 1.165) is 0 Å². The Kier molecular flexibility index (Phi) is 2.43. The van der Waals surface area contributed by atoms with Crippen LogP contribution >= 0.6 is 0 Å². The molecule has 0 atom stereocenters. The van der Waals surface area contributed by atoms with Crippen molar-refractivity contribution in [3.8, 4) is 10.7 Å². The van der Waals surface area contributed by atoms with Crippen LogP contribution in [0.15, 0.2) is 0 Å². The van der Waals surface area contributed by atoms with Crippen LogP contribution in [0.1, 0.15) is 20.8 Å². The van der Waals surface area contributed by atoms with Crippen molar-refractivity contribution in [3.63, 3.8) is 0 Å². The van der Waals surface area contributed by atoms with Gasteiger partial charge in [0.05, 0.1) is 0 Å². The van der Waals surface area contributed by atoms with Gasteiger partial charge in [-0.1, -0.05) is 0 Å². The SMILES string of the molecule is CC(C)(C)C#C[Se]. The topological polar surface area (TPSA) is 0 Å². The normalized spacial score (nSPS) is 9.57. The first kappa shape index (κ1) is 7.08. The fourth-order valence-electron chi connectivity index (χ4n) is 0.153. The molecule has 1 radical (unpaired) electrons. The predicted molar refractivity (Wildman–Crippen MR) is 33.0 cm³/mol. The molecule has 39 valence electrons. The Morgan fingerprint density at radius 3 is 1.71 bits per heavy atom. The molecule has 0 bridgehead atoms. The minimum absolute atomic E-state index is 0.158. The first-order valence-corrected chi connectivity index (χ1v) is 3.06. The summed E-state index contributed by atoms with van der Waals surface area (Å²) in [5.74, 6) is 2.98. The number of hydrogen-bond donors (Lipinski definition) is 0. The molecule has 0 aromatic carbocycles. The molecular formula is C6H9Se. The number of rotatable bonds is 0. The van der Waals surface area contributed by atoms with Gasteiger partial charge in [0, 0.05) is 0 Å². The van der Waals surface area contributed by atoms with Crippen LogP contribution in [0.4, 0.5) is 0 Å². The van der Waals surface area contributed by atoms with Crippen molar-refractivity contribution in [3.05, 3.63) is 0 Å². The standard InChI is InChI=1S/C6H9Se/c1-6(2,3)4-5-7/h1-3H3. The first-order valence-electron chi connectivity index (χ1n) is 2.20. The third kappa shape index (κ3) is 6.08. The van der Waals surface area contributed by atoms with Crippen LogP contribution in [-0.4, -0.2) is 16.0 Å². The maximum atomic E-state index is 2.98. The van der Waals surface area contributed by atoms with Gasteiger partial charge in [0.2, 0.25) is 0 Å². The fraction of sp³-hybridized carbons (Fsp3) is 0.667. The molecule has 0 spiro atoms. The zero-order chi connectivity index (χ0) is 5.91. The van der Waals surface area contributed by atoms with Crippen molar-refractivity contribution >= 4 is 16.0 Å². The average molecular weight is 160 g/mol. The van der Waals surface area contributed by atoms with Crippen molar-refractivity contribution in [1.29, 1.82) is 0 Å². The van der Waals surface area contributed by atoms with Crippen molar-refractivity contribution in [2.24, 2.45) is 5.41 Å². The van der Waals surface area contributed by atoms with Gasteiger partial charge < -0.3 is 0 Å². The predicted octanol–water partition coefficient (Wildman–Crippen LogP) is 1.16. The second kappa shape index (κ2) is 2.40. The Hall–Kier alpha value is 0.0795. The Morgan fingerprint density at radius 2 is 1.71 bits per heavy atom. The fourth-order valence-corrected chi connectivity index (χ4v) is 0.795. The quantitative estimate of drug-likeness (QED) is 0.368. The molecule has 0 aromatic heterocycles. The van der Waals surface area contributed by atoms with E-state index in [4.69, 9.17) is 0 Å². The van der Waals surface area contributed by atoms with E-state index in [1.54, 1.807) is 0 Å². The molecule has 0 saturated heterocycles. The second-order valence-corrected chi connectivity index (χ2v) is 2.91. The van der Waals surface area contributed by atoms with Gasteiger partial charge in [-0.05, 0) is 0 Å². The Balaban J connectivity index is 3.72. The summed E-state index contributed by atoms with van der Waals surface area (Å²) in [6.45, 7) is 6.24. The Bertz CT molecular complexity index is 97.6. The Morgan fingerprint density at radius 1 is 1.29 bits per heavy atom. The van der Waals surface area contributed by atoms with Crippen LogP contribution in [-0.2, 0) is 0 Å². The molecule has 0 aliphatic carbocycles. The molecule has 0 heterocycles. The molecule has 0 nitrogen and oxygen atoms in total. The van der Waals surface area contributed by atoms with E-state index in [0.29, 0.717) is 0 Å². The second-order valence-electron chi connectivity index (χ2n) is 2.48. The Labute approximate surface area is 53.5 Å². The van der Waals surface area contributed by atoms with E-state index in [1.807, 2.05) is 0 Å². The molecule has 0 rings (SSSR count). The molecule has 0 aliphatic heterocycles. The van der Waals surface area contributed by atoms with Crippen molar-refractivity contribution in [1.82, 2.24) is 0 Å². The van der Waals surface area contributed by atoms with E-state index in [2.05, 4.69) is 47.5 Å². The van der Waals surface area contributed by atoms with Gasteiger partial charge in [-0.3, -0.25) is 0 Å². The van der Waals surface area contributed by atoms with Gasteiger partial charge in [-0.15, -0.1) is 0 Å². The van der Waals surface area contributed by atoms with Gasteiger partial charge in [0.25, 0.3) is 0 Å². The van der Waals surface area contributed by atoms with Crippen LogP contribution < -0.4 is 0 Å². The molecule has 0 aromatic rings. The minimum atomic E-state index is 0.158. The van der Waals surface area contributed by atoms with E-state index < -0.39 is 0 Å². The molecule has 0 saturated carbocycles. The van der Waals surface area contributed by atoms with Crippen LogP contribution in [0.2, 0.25) is 0 Å². The van der Waals surface area contributed by atoms with Crippen LogP contribution in [0.5, 0.6) is 0 Å². The number of hydrogen-bond acceptors (Lipinski definition) is 0. The van der Waals surface area contributed by atoms with Gasteiger partial charge >= 0.3 is 52.9 Å². The van der Waals surface area contributed by atoms with Crippen LogP contribution in [0.3, 0.4) is 0 Å². The summed E-state index contributed by atoms with van der Waals surface area (Å²) in [5.41, 5.74) is 0.158. The van der Waals surface area contributed by atoms with Gasteiger partial charge in [0.1, 0.15) is 0 Å². The molecule has 0 N–H and O–H groups in total. The maximum absolute atomic E-state index is 2.98. The summed E-state index contributed by atoms with van der Waals surface area (Å²) in [4.78, 5) is 2.73. The zero-order valence-electron chi connectivity index (χ0n) is 4.91. The summed E-state index contributed by atoms with van der Waals surface area (Å²) < 4.78 is 0. The van der Waals surface area contributed by atoms with Crippen molar-refractivity contribution < 1.29 is 0 Å². The molecule has 1 heteroatoms. The van der Waals surface area contributed by atoms with E-state index in [9.17, 15) is 0 Å². The molecule has 0 amide bonds. The van der Waals surface area contributed by atoms with Gasteiger partial charge in [-0.25, -0.2) is 0 Å². The van der Waals surface area contributed by atoms with E-state index in [1.165, 1.54) is 0 Å². The summed E-state index contributed by atoms with van der Waals surface area (Å²) in [6, 6.07) is 0. The van der Waals surface area contributed by atoms with Crippen molar-refractivity contribution in [2.75, 3.05) is 0 Å². The van der Waals surface area contributed by atoms with Gasteiger partial charge in [-0.2, -0.15) is 0 Å². The molecule has 0 aliphatic rings. The molecule has 0 unspecified atom stereocenters. The molecular weight excluding hydrogens is 151 g/mol. The average Bonchev–Trinajstić information content (AvgIpc) is 1.30. The monoisotopic (exact) mass is 161 g/mol. The van der Waals surface area contributed by atoms with Crippen LogP contribution in [0, 0.1) is 16.2 Å². The third-order valence-corrected chi connectivity index (χ3v) is 0.640. The van der Waals surface area contributed by atoms with Gasteiger partial charge in [0.15, 0.2) is 0 Å². The van der Waals surface area contributed by atoms with Crippen molar-refractivity contribution in [2.45, 2.75) is 20.8 Å².